The Morgan fingerprint density at radius 1 is 1.12 bits per heavy atom. The van der Waals surface area contributed by atoms with Gasteiger partial charge in [0.05, 0.1) is 18.9 Å². The molecule has 0 unspecified atom stereocenters. The average molecular weight is 360 g/mol. The summed E-state index contributed by atoms with van der Waals surface area (Å²) in [6.07, 6.45) is 1.66. The van der Waals surface area contributed by atoms with Crippen LogP contribution in [-0.2, 0) is 6.18 Å². The molecule has 3 aromatic rings. The molecule has 0 aliphatic carbocycles. The molecule has 134 valence electrons. The van der Waals surface area contributed by atoms with Gasteiger partial charge in [-0.25, -0.2) is 4.98 Å². The molecule has 5 nitrogen and oxygen atoms in total. The summed E-state index contributed by atoms with van der Waals surface area (Å²) in [6.45, 7) is 0. The topological polar surface area (TPSA) is 51.4 Å². The number of nitrogens with zero attached hydrogens (tertiary/aromatic N) is 3. The first-order valence-electron chi connectivity index (χ1n) is 7.60. The molecule has 26 heavy (non-hydrogen) atoms. The van der Waals surface area contributed by atoms with E-state index in [0.29, 0.717) is 0 Å². The number of benzene rings is 1. The van der Waals surface area contributed by atoms with E-state index in [-0.39, 0.29) is 5.82 Å². The van der Waals surface area contributed by atoms with Gasteiger partial charge in [-0.15, -0.1) is 0 Å². The lowest BCUT2D eigenvalue weighted by molar-refractivity contribution is -0.137. The van der Waals surface area contributed by atoms with Crippen LogP contribution in [0.5, 0.6) is 5.75 Å². The van der Waals surface area contributed by atoms with Crippen LogP contribution in [0.3, 0.4) is 0 Å². The molecule has 0 bridgehead atoms. The van der Waals surface area contributed by atoms with E-state index < -0.39 is 11.7 Å². The molecule has 0 saturated heterocycles. The first-order chi connectivity index (χ1) is 12.5. The lowest BCUT2D eigenvalue weighted by Gasteiger charge is -2.06. The first-order valence-corrected chi connectivity index (χ1v) is 7.60. The van der Waals surface area contributed by atoms with Crippen molar-refractivity contribution < 1.29 is 17.9 Å². The summed E-state index contributed by atoms with van der Waals surface area (Å²) in [7, 11) is 1.61. The van der Waals surface area contributed by atoms with Crippen molar-refractivity contribution in [2.24, 2.45) is 5.10 Å². The molecule has 0 aliphatic heterocycles. The van der Waals surface area contributed by atoms with Gasteiger partial charge >= 0.3 is 6.18 Å². The highest BCUT2D eigenvalue weighted by Crippen LogP contribution is 2.28. The third-order valence-electron chi connectivity index (χ3n) is 3.57. The van der Waals surface area contributed by atoms with Crippen LogP contribution >= 0.6 is 0 Å². The molecule has 0 atom stereocenters. The molecule has 0 spiro atoms. The second kappa shape index (κ2) is 7.30. The fourth-order valence-corrected chi connectivity index (χ4v) is 2.20. The van der Waals surface area contributed by atoms with Crippen LogP contribution in [-0.4, -0.2) is 22.9 Å². The molecule has 0 fully saturated rings. The summed E-state index contributed by atoms with van der Waals surface area (Å²) >= 11 is 0. The Kier molecular flexibility index (Phi) is 4.92. The maximum Gasteiger partial charge on any atom is 0.417 e. The Morgan fingerprint density at radius 3 is 2.50 bits per heavy atom. The second-order valence-electron chi connectivity index (χ2n) is 5.35. The third-order valence-corrected chi connectivity index (χ3v) is 3.57. The van der Waals surface area contributed by atoms with E-state index in [9.17, 15) is 13.2 Å². The van der Waals surface area contributed by atoms with Crippen LogP contribution in [0.2, 0.25) is 0 Å². The fraction of sp³-hybridized carbons (Fsp3) is 0.111. The number of pyridine rings is 1. The number of hydrogen-bond donors (Lipinski definition) is 1. The van der Waals surface area contributed by atoms with Crippen LogP contribution in [0.1, 0.15) is 11.1 Å². The molecular formula is C18H15F3N4O. The number of hydrazone groups is 1. The molecule has 1 N–H and O–H groups in total. The van der Waals surface area contributed by atoms with Crippen molar-refractivity contribution in [3.8, 4) is 11.4 Å². The normalized spacial score (nSPS) is 11.7. The number of halogens is 3. The summed E-state index contributed by atoms with van der Waals surface area (Å²) in [4.78, 5) is 3.68. The van der Waals surface area contributed by atoms with Gasteiger partial charge in [-0.1, -0.05) is 0 Å². The number of alkyl halides is 3. The van der Waals surface area contributed by atoms with Gasteiger partial charge in [0.25, 0.3) is 0 Å². The number of methoxy groups -OCH3 is 1. The van der Waals surface area contributed by atoms with Gasteiger partial charge in [-0.3, -0.25) is 5.43 Å². The van der Waals surface area contributed by atoms with Crippen LogP contribution in [0.4, 0.5) is 19.0 Å². The first kappa shape index (κ1) is 17.5. The zero-order valence-corrected chi connectivity index (χ0v) is 13.7. The maximum atomic E-state index is 12.5. The van der Waals surface area contributed by atoms with Crippen molar-refractivity contribution in [1.82, 2.24) is 9.55 Å². The van der Waals surface area contributed by atoms with Crippen molar-refractivity contribution in [3.63, 3.8) is 0 Å². The molecule has 0 aliphatic rings. The van der Waals surface area contributed by atoms with Gasteiger partial charge in [0.1, 0.15) is 11.6 Å². The molecule has 2 heterocycles. The van der Waals surface area contributed by atoms with Crippen molar-refractivity contribution in [3.05, 3.63) is 72.2 Å². The summed E-state index contributed by atoms with van der Waals surface area (Å²) in [5.74, 6) is 1.000. The molecule has 8 heteroatoms. The van der Waals surface area contributed by atoms with Crippen molar-refractivity contribution in [1.29, 1.82) is 0 Å². The number of ether oxygens (including phenoxy) is 1. The van der Waals surface area contributed by atoms with E-state index in [0.717, 1.165) is 29.3 Å². The minimum atomic E-state index is -4.40. The third kappa shape index (κ3) is 4.21. The minimum absolute atomic E-state index is 0.226. The lowest BCUT2D eigenvalue weighted by Crippen LogP contribution is -2.05. The minimum Gasteiger partial charge on any atom is -0.497 e. The Morgan fingerprint density at radius 2 is 1.88 bits per heavy atom. The van der Waals surface area contributed by atoms with Crippen LogP contribution < -0.4 is 10.2 Å². The van der Waals surface area contributed by atoms with Crippen molar-refractivity contribution >= 4 is 12.0 Å². The highest BCUT2D eigenvalue weighted by Gasteiger charge is 2.30. The zero-order chi connectivity index (χ0) is 18.6. The molecule has 0 saturated carbocycles. The van der Waals surface area contributed by atoms with Crippen LogP contribution in [0.15, 0.2) is 66.2 Å². The van der Waals surface area contributed by atoms with Gasteiger partial charge in [0.2, 0.25) is 0 Å². The number of aromatic nitrogens is 2. The van der Waals surface area contributed by atoms with E-state index in [4.69, 9.17) is 4.74 Å². The van der Waals surface area contributed by atoms with Gasteiger partial charge in [0, 0.05) is 29.8 Å². The summed E-state index contributed by atoms with van der Waals surface area (Å²) in [6, 6.07) is 11.6. The molecule has 1 aromatic carbocycles. The predicted molar refractivity (Wildman–Crippen MR) is 92.8 cm³/mol. The SMILES string of the molecule is COc1ccc(-n2ccc(/C=N/Nc3ccc(C(F)(F)F)cn3)c2)cc1. The second-order valence-corrected chi connectivity index (χ2v) is 5.35. The molecule has 0 amide bonds. The number of nitrogens with one attached hydrogen (secondary N) is 1. The summed E-state index contributed by atoms with van der Waals surface area (Å²) in [5, 5.41) is 3.99. The maximum absolute atomic E-state index is 12.5. The monoisotopic (exact) mass is 360 g/mol. The van der Waals surface area contributed by atoms with Gasteiger partial charge in [-0.05, 0) is 42.5 Å². The Labute approximate surface area is 147 Å². The zero-order valence-electron chi connectivity index (χ0n) is 13.7. The van der Waals surface area contributed by atoms with Gasteiger partial charge in [-0.2, -0.15) is 18.3 Å². The predicted octanol–water partition coefficient (Wildman–Crippen LogP) is 4.35. The quantitative estimate of drug-likeness (QED) is 0.544. The average Bonchev–Trinajstić information content (AvgIpc) is 3.10. The standard InChI is InChI=1S/C18H15F3N4O/c1-26-16-5-3-15(4-6-16)25-9-8-13(12-25)10-23-24-17-7-2-14(11-22-17)18(19,20)21/h2-12H,1H3,(H,22,24)/b23-10+. The Bertz CT molecular complexity index is 884. The number of rotatable bonds is 5. The van der Waals surface area contributed by atoms with Crippen LogP contribution in [0, 0.1) is 0 Å². The van der Waals surface area contributed by atoms with Crippen molar-refractivity contribution in [2.45, 2.75) is 6.18 Å². The molecular weight excluding hydrogens is 345 g/mol. The van der Waals surface area contributed by atoms with Crippen LogP contribution in [0.25, 0.3) is 5.69 Å². The highest BCUT2D eigenvalue weighted by atomic mass is 19.4. The number of hydrogen-bond acceptors (Lipinski definition) is 4. The summed E-state index contributed by atoms with van der Waals surface area (Å²) < 4.78 is 44.5. The smallest absolute Gasteiger partial charge is 0.417 e. The van der Waals surface area contributed by atoms with E-state index >= 15 is 0 Å². The fourth-order valence-electron chi connectivity index (χ4n) is 2.20. The van der Waals surface area contributed by atoms with Gasteiger partial charge < -0.3 is 9.30 Å². The number of anilines is 1. The Hall–Kier alpha value is -3.29. The molecule has 0 radical (unpaired) electrons. The largest absolute Gasteiger partial charge is 0.497 e. The van der Waals surface area contributed by atoms with E-state index in [2.05, 4.69) is 15.5 Å². The Balaban J connectivity index is 1.63. The van der Waals surface area contributed by atoms with Gasteiger partial charge in [0.15, 0.2) is 0 Å². The molecule has 3 rings (SSSR count). The van der Waals surface area contributed by atoms with E-state index in [1.54, 1.807) is 13.3 Å². The molecule has 2 aromatic heterocycles. The van der Waals surface area contributed by atoms with E-state index in [1.165, 1.54) is 6.07 Å². The summed E-state index contributed by atoms with van der Waals surface area (Å²) in [5.41, 5.74) is 3.58. The highest BCUT2D eigenvalue weighted by molar-refractivity contribution is 5.80. The lowest BCUT2D eigenvalue weighted by atomic mass is 10.3. The van der Waals surface area contributed by atoms with E-state index in [1.807, 2.05) is 47.3 Å². The van der Waals surface area contributed by atoms with Crippen molar-refractivity contribution in [2.75, 3.05) is 12.5 Å².